The summed E-state index contributed by atoms with van der Waals surface area (Å²) in [5.41, 5.74) is 5.64. The molecule has 0 bridgehead atoms. The van der Waals surface area contributed by atoms with Crippen LogP contribution in [0.25, 0.3) is 0 Å². The van der Waals surface area contributed by atoms with Gasteiger partial charge in [0, 0.05) is 24.0 Å². The first kappa shape index (κ1) is 19.0. The lowest BCUT2D eigenvalue weighted by Gasteiger charge is -2.20. The van der Waals surface area contributed by atoms with Gasteiger partial charge in [-0.05, 0) is 39.3 Å². The molecule has 0 spiro atoms. The van der Waals surface area contributed by atoms with Crippen molar-refractivity contribution in [2.24, 2.45) is 0 Å². The Balaban J connectivity index is 2.28. The number of anilines is 2. The molecule has 0 radical (unpaired) electrons. The Hall–Kier alpha value is -3.36. The molecule has 0 fully saturated rings. The first-order valence-electron chi connectivity index (χ1n) is 7.74. The van der Waals surface area contributed by atoms with Gasteiger partial charge in [0.2, 0.25) is 11.6 Å². The van der Waals surface area contributed by atoms with Gasteiger partial charge in [0.25, 0.3) is 0 Å². The van der Waals surface area contributed by atoms with Crippen molar-refractivity contribution >= 4 is 23.3 Å². The summed E-state index contributed by atoms with van der Waals surface area (Å²) in [5, 5.41) is 13.8. The molecule has 1 amide bonds. The van der Waals surface area contributed by atoms with E-state index in [0.717, 1.165) is 0 Å². The first-order valence-corrected chi connectivity index (χ1v) is 7.74. The van der Waals surface area contributed by atoms with Crippen LogP contribution in [-0.4, -0.2) is 21.6 Å². The van der Waals surface area contributed by atoms with E-state index in [1.807, 2.05) is 0 Å². The summed E-state index contributed by atoms with van der Waals surface area (Å²) in [6.45, 7) is 7.03. The third-order valence-corrected chi connectivity index (χ3v) is 3.15. The number of carbonyl (C=O) groups excluding carboxylic acids is 1. The van der Waals surface area contributed by atoms with Crippen LogP contribution in [0.3, 0.4) is 0 Å². The number of nitrogens with one attached hydrogen (secondary N) is 1. The number of nitrogens with two attached hydrogens (primary N) is 1. The number of carbonyl (C=O) groups is 1. The minimum absolute atomic E-state index is 0.0416. The monoisotopic (exact) mass is 360 g/mol. The molecular weight excluding hydrogens is 340 g/mol. The molecule has 138 valence electrons. The van der Waals surface area contributed by atoms with Crippen molar-refractivity contribution in [2.45, 2.75) is 33.3 Å². The maximum atomic E-state index is 11.9. The van der Waals surface area contributed by atoms with Crippen LogP contribution in [-0.2, 0) is 4.74 Å². The van der Waals surface area contributed by atoms with E-state index in [4.69, 9.17) is 15.2 Å². The van der Waals surface area contributed by atoms with Crippen LogP contribution in [0.1, 0.15) is 26.3 Å². The molecule has 0 aliphatic carbocycles. The maximum Gasteiger partial charge on any atom is 0.412 e. The van der Waals surface area contributed by atoms with Gasteiger partial charge < -0.3 is 15.2 Å². The lowest BCUT2D eigenvalue weighted by molar-refractivity contribution is -0.384. The van der Waals surface area contributed by atoms with Crippen molar-refractivity contribution < 1.29 is 19.2 Å². The molecule has 1 aromatic heterocycles. The molecule has 2 aromatic rings. The smallest absolute Gasteiger partial charge is 0.412 e. The van der Waals surface area contributed by atoms with Gasteiger partial charge in [0.1, 0.15) is 11.4 Å². The number of aryl methyl sites for hydroxylation is 1. The average Bonchev–Trinajstić information content (AvgIpc) is 2.48. The van der Waals surface area contributed by atoms with Gasteiger partial charge >= 0.3 is 11.8 Å². The fraction of sp³-hybridized carbons (Fsp3) is 0.294. The van der Waals surface area contributed by atoms with Crippen LogP contribution in [0.2, 0.25) is 0 Å². The summed E-state index contributed by atoms with van der Waals surface area (Å²) >= 11 is 0. The summed E-state index contributed by atoms with van der Waals surface area (Å²) in [6, 6.07) is 6.27. The number of hydrogen-bond donors (Lipinski definition) is 2. The average molecular weight is 360 g/mol. The van der Waals surface area contributed by atoms with Crippen LogP contribution in [0.4, 0.5) is 22.0 Å². The lowest BCUT2D eigenvalue weighted by atomic mass is 10.2. The van der Waals surface area contributed by atoms with Crippen molar-refractivity contribution in [3.8, 4) is 11.5 Å². The standard InChI is InChI=1S/C17H20N4O5/c1-10-5-6-11(20-16(22)26-17(2,3)4)9-13(10)25-12-7-8-19-15(18)14(12)21(23)24/h5-9H,1-4H3,(H2,18,19)(H,20,22). The SMILES string of the molecule is Cc1ccc(NC(=O)OC(C)(C)C)cc1Oc1ccnc(N)c1[N+](=O)[O-]. The second-order valence-corrected chi connectivity index (χ2v) is 6.51. The number of rotatable bonds is 4. The highest BCUT2D eigenvalue weighted by molar-refractivity contribution is 5.85. The maximum absolute atomic E-state index is 11.9. The molecule has 9 heteroatoms. The predicted octanol–water partition coefficient (Wildman–Crippen LogP) is 4.02. The Morgan fingerprint density at radius 1 is 1.27 bits per heavy atom. The van der Waals surface area contributed by atoms with Gasteiger partial charge in [-0.2, -0.15) is 0 Å². The zero-order valence-electron chi connectivity index (χ0n) is 14.9. The molecule has 1 aromatic carbocycles. The Kier molecular flexibility index (Phi) is 5.30. The number of nitro groups is 1. The largest absolute Gasteiger partial charge is 0.450 e. The van der Waals surface area contributed by atoms with Crippen molar-refractivity contribution in [2.75, 3.05) is 11.1 Å². The number of hydrogen-bond acceptors (Lipinski definition) is 7. The number of ether oxygens (including phenoxy) is 2. The zero-order valence-corrected chi connectivity index (χ0v) is 14.9. The Morgan fingerprint density at radius 2 is 1.96 bits per heavy atom. The minimum atomic E-state index is -0.657. The third kappa shape index (κ3) is 4.82. The van der Waals surface area contributed by atoms with Gasteiger partial charge in [-0.1, -0.05) is 6.07 Å². The normalized spacial score (nSPS) is 10.9. The third-order valence-electron chi connectivity index (χ3n) is 3.15. The van der Waals surface area contributed by atoms with E-state index in [2.05, 4.69) is 10.3 Å². The van der Waals surface area contributed by atoms with E-state index in [0.29, 0.717) is 17.0 Å². The number of amides is 1. The second kappa shape index (κ2) is 7.26. The number of nitrogen functional groups attached to an aromatic ring is 1. The minimum Gasteiger partial charge on any atom is -0.450 e. The molecule has 3 N–H and O–H groups in total. The van der Waals surface area contributed by atoms with Gasteiger partial charge in [-0.15, -0.1) is 0 Å². The van der Waals surface area contributed by atoms with E-state index in [-0.39, 0.29) is 11.6 Å². The number of aromatic nitrogens is 1. The van der Waals surface area contributed by atoms with Crippen LogP contribution < -0.4 is 15.8 Å². The van der Waals surface area contributed by atoms with Crippen molar-refractivity contribution in [1.82, 2.24) is 4.98 Å². The fourth-order valence-corrected chi connectivity index (χ4v) is 2.05. The molecular formula is C17H20N4O5. The van der Waals surface area contributed by atoms with E-state index in [1.165, 1.54) is 12.3 Å². The first-order chi connectivity index (χ1) is 12.1. The summed E-state index contributed by atoms with van der Waals surface area (Å²) < 4.78 is 10.8. The molecule has 0 aliphatic heterocycles. The molecule has 0 saturated carbocycles. The summed E-state index contributed by atoms with van der Waals surface area (Å²) in [4.78, 5) is 26.1. The van der Waals surface area contributed by atoms with Gasteiger partial charge in [-0.3, -0.25) is 15.4 Å². The molecule has 1 heterocycles. The van der Waals surface area contributed by atoms with E-state index in [9.17, 15) is 14.9 Å². The quantitative estimate of drug-likeness (QED) is 0.622. The Morgan fingerprint density at radius 3 is 2.58 bits per heavy atom. The molecule has 0 unspecified atom stereocenters. The molecule has 0 atom stereocenters. The van der Waals surface area contributed by atoms with Crippen LogP contribution in [0.5, 0.6) is 11.5 Å². The van der Waals surface area contributed by atoms with Crippen molar-refractivity contribution in [3.63, 3.8) is 0 Å². The summed E-state index contributed by atoms with van der Waals surface area (Å²) in [6.07, 6.45) is 0.696. The topological polar surface area (TPSA) is 130 Å². The van der Waals surface area contributed by atoms with Crippen molar-refractivity contribution in [3.05, 3.63) is 46.1 Å². The van der Waals surface area contributed by atoms with Crippen LogP contribution in [0.15, 0.2) is 30.5 Å². The Bertz CT molecular complexity index is 846. The van der Waals surface area contributed by atoms with Gasteiger partial charge in [0.05, 0.1) is 4.92 Å². The number of benzene rings is 1. The van der Waals surface area contributed by atoms with Crippen molar-refractivity contribution in [1.29, 1.82) is 0 Å². The highest BCUT2D eigenvalue weighted by Crippen LogP contribution is 2.36. The summed E-state index contributed by atoms with van der Waals surface area (Å²) in [7, 11) is 0. The number of nitrogens with zero attached hydrogens (tertiary/aromatic N) is 2. The number of pyridine rings is 1. The highest BCUT2D eigenvalue weighted by atomic mass is 16.6. The van der Waals surface area contributed by atoms with Crippen LogP contribution >= 0.6 is 0 Å². The van der Waals surface area contributed by atoms with Crippen LogP contribution in [0, 0.1) is 17.0 Å². The van der Waals surface area contributed by atoms with Gasteiger partial charge in [-0.25, -0.2) is 9.78 Å². The Labute approximate surface area is 150 Å². The molecule has 26 heavy (non-hydrogen) atoms. The van der Waals surface area contributed by atoms with Gasteiger partial charge in [0.15, 0.2) is 0 Å². The molecule has 0 aliphatic rings. The fourth-order valence-electron chi connectivity index (χ4n) is 2.05. The van der Waals surface area contributed by atoms with E-state index >= 15 is 0 Å². The van der Waals surface area contributed by atoms with E-state index in [1.54, 1.807) is 45.9 Å². The highest BCUT2D eigenvalue weighted by Gasteiger charge is 2.22. The zero-order chi connectivity index (χ0) is 19.5. The predicted molar refractivity (Wildman–Crippen MR) is 96.4 cm³/mol. The van der Waals surface area contributed by atoms with E-state index < -0.39 is 22.3 Å². The molecule has 0 saturated heterocycles. The summed E-state index contributed by atoms with van der Waals surface area (Å²) in [5.74, 6) is 0.0421. The molecule has 9 nitrogen and oxygen atoms in total. The lowest BCUT2D eigenvalue weighted by Crippen LogP contribution is -2.27. The second-order valence-electron chi connectivity index (χ2n) is 6.51. The molecule has 2 rings (SSSR count).